The molecule has 6 nitrogen and oxygen atoms in total. The molecule has 0 aromatic heterocycles. The van der Waals surface area contributed by atoms with E-state index >= 15 is 0 Å². The predicted octanol–water partition coefficient (Wildman–Crippen LogP) is 2.18. The van der Waals surface area contributed by atoms with Gasteiger partial charge in [-0.15, -0.1) is 0 Å². The van der Waals surface area contributed by atoms with E-state index in [0.29, 0.717) is 0 Å². The van der Waals surface area contributed by atoms with Crippen molar-refractivity contribution >= 4 is 15.8 Å². The van der Waals surface area contributed by atoms with Crippen molar-refractivity contribution in [2.45, 2.75) is 11.8 Å². The highest BCUT2D eigenvalue weighted by molar-refractivity contribution is 7.86. The van der Waals surface area contributed by atoms with E-state index in [-0.39, 0.29) is 10.6 Å². The monoisotopic (exact) mass is 213 g/mol. The maximum atomic E-state index is 10.8. The minimum absolute atomic E-state index is 0.102. The lowest BCUT2D eigenvalue weighted by atomic mass is 10.2. The standard InChI is InChI=1S/C7H7N3O3S/c1-5-2-3-7(14(11,12)13)6(4-5)9-10-8/h2-4H,1H3,(H,11,12,13). The van der Waals surface area contributed by atoms with Crippen LogP contribution in [-0.2, 0) is 10.1 Å². The SMILES string of the molecule is Cc1ccc(S(=O)(=O)O)c(N=[N+]=[N-])c1. The molecule has 0 saturated carbocycles. The molecule has 0 spiro atoms. The highest BCUT2D eigenvalue weighted by Gasteiger charge is 2.13. The summed E-state index contributed by atoms with van der Waals surface area (Å²) in [6.07, 6.45) is 0. The first-order valence-electron chi connectivity index (χ1n) is 3.58. The van der Waals surface area contributed by atoms with Crippen LogP contribution in [0.5, 0.6) is 0 Å². The summed E-state index contributed by atoms with van der Waals surface area (Å²) >= 11 is 0. The quantitative estimate of drug-likeness (QED) is 0.352. The second-order valence-electron chi connectivity index (χ2n) is 2.64. The van der Waals surface area contributed by atoms with E-state index < -0.39 is 10.1 Å². The third kappa shape index (κ3) is 2.23. The van der Waals surface area contributed by atoms with E-state index in [2.05, 4.69) is 10.0 Å². The molecule has 0 saturated heterocycles. The van der Waals surface area contributed by atoms with Crippen LogP contribution in [0.1, 0.15) is 5.56 Å². The molecule has 14 heavy (non-hydrogen) atoms. The number of benzene rings is 1. The molecule has 0 amide bonds. The van der Waals surface area contributed by atoms with Gasteiger partial charge in [-0.25, -0.2) is 0 Å². The van der Waals surface area contributed by atoms with Gasteiger partial charge in [0.2, 0.25) is 0 Å². The van der Waals surface area contributed by atoms with Gasteiger partial charge < -0.3 is 0 Å². The first-order chi connectivity index (χ1) is 6.45. The van der Waals surface area contributed by atoms with E-state index in [1.54, 1.807) is 6.92 Å². The number of hydrogen-bond donors (Lipinski definition) is 1. The number of nitrogens with zero attached hydrogens (tertiary/aromatic N) is 3. The maximum absolute atomic E-state index is 10.8. The molecule has 7 heteroatoms. The van der Waals surface area contributed by atoms with Crippen LogP contribution in [0, 0.1) is 6.92 Å². The highest BCUT2D eigenvalue weighted by atomic mass is 32.2. The maximum Gasteiger partial charge on any atom is 0.294 e. The second kappa shape index (κ2) is 3.67. The lowest BCUT2D eigenvalue weighted by Crippen LogP contribution is -1.98. The predicted molar refractivity (Wildman–Crippen MR) is 49.8 cm³/mol. The van der Waals surface area contributed by atoms with Gasteiger partial charge in [0.25, 0.3) is 10.1 Å². The van der Waals surface area contributed by atoms with Crippen molar-refractivity contribution < 1.29 is 13.0 Å². The molecule has 1 rings (SSSR count). The first kappa shape index (κ1) is 10.5. The molecule has 1 N–H and O–H groups in total. The molecule has 0 bridgehead atoms. The number of rotatable bonds is 2. The molecule has 74 valence electrons. The summed E-state index contributed by atoms with van der Waals surface area (Å²) < 4.78 is 30.4. The lowest BCUT2D eigenvalue weighted by Gasteiger charge is -2.01. The summed E-state index contributed by atoms with van der Waals surface area (Å²) in [5.74, 6) is 0. The van der Waals surface area contributed by atoms with Crippen molar-refractivity contribution in [3.63, 3.8) is 0 Å². The van der Waals surface area contributed by atoms with Crippen molar-refractivity contribution in [2.24, 2.45) is 5.11 Å². The Morgan fingerprint density at radius 2 is 2.14 bits per heavy atom. The molecule has 0 atom stereocenters. The van der Waals surface area contributed by atoms with Gasteiger partial charge in [-0.05, 0) is 24.6 Å². The normalized spacial score (nSPS) is 10.7. The van der Waals surface area contributed by atoms with Crippen molar-refractivity contribution in [1.29, 1.82) is 0 Å². The van der Waals surface area contributed by atoms with Gasteiger partial charge >= 0.3 is 0 Å². The molecular formula is C7H7N3O3S. The molecular weight excluding hydrogens is 206 g/mol. The van der Waals surface area contributed by atoms with Crippen LogP contribution in [0.2, 0.25) is 0 Å². The van der Waals surface area contributed by atoms with E-state index in [1.165, 1.54) is 18.2 Å². The zero-order valence-electron chi connectivity index (χ0n) is 7.25. The molecule has 0 aliphatic rings. The Balaban J connectivity index is 3.52. The second-order valence-corrected chi connectivity index (χ2v) is 4.03. The van der Waals surface area contributed by atoms with E-state index in [1.807, 2.05) is 0 Å². The van der Waals surface area contributed by atoms with Crippen LogP contribution in [0.25, 0.3) is 10.4 Å². The molecule has 1 aromatic rings. The fraction of sp³-hybridized carbons (Fsp3) is 0.143. The Labute approximate surface area is 80.6 Å². The van der Waals surface area contributed by atoms with Crippen LogP contribution in [0.15, 0.2) is 28.2 Å². The third-order valence-electron chi connectivity index (χ3n) is 1.54. The molecule has 1 aromatic carbocycles. The molecule has 0 fully saturated rings. The summed E-state index contributed by atoms with van der Waals surface area (Å²) in [6.45, 7) is 1.71. The third-order valence-corrected chi connectivity index (χ3v) is 2.45. The topological polar surface area (TPSA) is 103 Å². The largest absolute Gasteiger partial charge is 0.294 e. The van der Waals surface area contributed by atoms with Crippen molar-refractivity contribution in [3.05, 3.63) is 34.2 Å². The van der Waals surface area contributed by atoms with E-state index in [4.69, 9.17) is 10.1 Å². The Kier molecular flexibility index (Phi) is 2.76. The first-order valence-corrected chi connectivity index (χ1v) is 5.02. The molecule has 0 aliphatic heterocycles. The summed E-state index contributed by atoms with van der Waals surface area (Å²) in [6, 6.07) is 4.07. The number of hydrogen-bond acceptors (Lipinski definition) is 3. The smallest absolute Gasteiger partial charge is 0.282 e. The summed E-state index contributed by atoms with van der Waals surface area (Å²) in [7, 11) is -4.34. The van der Waals surface area contributed by atoms with Gasteiger partial charge in [0, 0.05) is 4.91 Å². The summed E-state index contributed by atoms with van der Waals surface area (Å²) in [5.41, 5.74) is 8.82. The fourth-order valence-corrected chi connectivity index (χ4v) is 1.58. The molecule has 0 heterocycles. The average molecular weight is 213 g/mol. The van der Waals surface area contributed by atoms with Gasteiger partial charge in [0.15, 0.2) is 0 Å². The van der Waals surface area contributed by atoms with Gasteiger partial charge in [-0.3, -0.25) is 4.55 Å². The van der Waals surface area contributed by atoms with Crippen LogP contribution in [-0.4, -0.2) is 13.0 Å². The Morgan fingerprint density at radius 3 is 2.64 bits per heavy atom. The molecule has 0 unspecified atom stereocenters. The Morgan fingerprint density at radius 1 is 1.50 bits per heavy atom. The van der Waals surface area contributed by atoms with Gasteiger partial charge in [-0.2, -0.15) is 8.42 Å². The molecule has 0 radical (unpaired) electrons. The van der Waals surface area contributed by atoms with Crippen molar-refractivity contribution in [2.75, 3.05) is 0 Å². The van der Waals surface area contributed by atoms with Gasteiger partial charge in [0.1, 0.15) is 4.90 Å². The lowest BCUT2D eigenvalue weighted by molar-refractivity contribution is 0.483. The Bertz CT molecular complexity index is 503. The average Bonchev–Trinajstić information content (AvgIpc) is 2.02. The molecule has 0 aliphatic carbocycles. The minimum Gasteiger partial charge on any atom is -0.282 e. The van der Waals surface area contributed by atoms with Crippen LogP contribution in [0.4, 0.5) is 5.69 Å². The zero-order valence-corrected chi connectivity index (χ0v) is 8.06. The zero-order chi connectivity index (χ0) is 10.8. The number of aryl methyl sites for hydroxylation is 1. The van der Waals surface area contributed by atoms with Crippen LogP contribution < -0.4 is 0 Å². The summed E-state index contributed by atoms with van der Waals surface area (Å²) in [4.78, 5) is 2.08. The van der Waals surface area contributed by atoms with E-state index in [0.717, 1.165) is 5.56 Å². The summed E-state index contributed by atoms with van der Waals surface area (Å²) in [5, 5.41) is 3.18. The number of azide groups is 1. The van der Waals surface area contributed by atoms with Gasteiger partial charge in [-0.1, -0.05) is 16.7 Å². The fourth-order valence-electron chi connectivity index (χ4n) is 0.972. The van der Waals surface area contributed by atoms with Crippen molar-refractivity contribution in [1.82, 2.24) is 0 Å². The minimum atomic E-state index is -4.34. The highest BCUT2D eigenvalue weighted by Crippen LogP contribution is 2.25. The Hall–Kier alpha value is -1.56. The van der Waals surface area contributed by atoms with Gasteiger partial charge in [0.05, 0.1) is 5.69 Å². The van der Waals surface area contributed by atoms with Crippen LogP contribution in [0.3, 0.4) is 0 Å². The van der Waals surface area contributed by atoms with Crippen LogP contribution >= 0.6 is 0 Å². The van der Waals surface area contributed by atoms with E-state index in [9.17, 15) is 8.42 Å². The van der Waals surface area contributed by atoms with Crippen molar-refractivity contribution in [3.8, 4) is 0 Å².